The largest absolute Gasteiger partial charge is 0.361 e. The first-order valence-corrected chi connectivity index (χ1v) is 9.72. The molecule has 0 bridgehead atoms. The van der Waals surface area contributed by atoms with Crippen LogP contribution in [0, 0.1) is 0 Å². The number of H-pyrrole nitrogens is 1. The number of aromatic nitrogens is 3. The molecule has 0 aliphatic carbocycles. The van der Waals surface area contributed by atoms with Crippen LogP contribution in [0.1, 0.15) is 11.3 Å². The zero-order valence-electron chi connectivity index (χ0n) is 15.1. The molecule has 1 atom stereocenters. The Morgan fingerprint density at radius 1 is 1.30 bits per heavy atom. The molecular formula is C20H21N5OS. The number of thioether (sulfide) groups is 1. The van der Waals surface area contributed by atoms with Crippen molar-refractivity contribution in [2.75, 3.05) is 18.5 Å². The molecule has 1 aliphatic rings. The minimum atomic E-state index is -0.0462. The number of nitrogens with one attached hydrogen (secondary N) is 2. The van der Waals surface area contributed by atoms with Gasteiger partial charge >= 0.3 is 0 Å². The molecule has 1 amide bonds. The molecule has 3 heterocycles. The first kappa shape index (κ1) is 17.6. The smallest absolute Gasteiger partial charge is 0.283 e. The second-order valence-corrected chi connectivity index (χ2v) is 7.80. The highest BCUT2D eigenvalue weighted by molar-refractivity contribution is 8.14. The summed E-state index contributed by atoms with van der Waals surface area (Å²) in [6.45, 7) is 4.73. The third kappa shape index (κ3) is 3.83. The van der Waals surface area contributed by atoms with Crippen LogP contribution in [-0.4, -0.2) is 39.0 Å². The van der Waals surface area contributed by atoms with Gasteiger partial charge in [0.2, 0.25) is 5.95 Å². The number of carbonyl (C=O) groups excluding carboxylic acids is 1. The number of para-hydroxylation sites is 1. The predicted octanol–water partition coefficient (Wildman–Crippen LogP) is 3.52. The number of benzene rings is 1. The summed E-state index contributed by atoms with van der Waals surface area (Å²) in [6, 6.07) is 10.2. The van der Waals surface area contributed by atoms with Crippen LogP contribution < -0.4 is 10.2 Å². The van der Waals surface area contributed by atoms with Crippen molar-refractivity contribution in [2.24, 2.45) is 0 Å². The molecule has 1 aliphatic heterocycles. The normalized spacial score (nSPS) is 16.7. The Balaban J connectivity index is 1.42. The second-order valence-electron chi connectivity index (χ2n) is 6.63. The maximum atomic E-state index is 11.5. The van der Waals surface area contributed by atoms with Crippen molar-refractivity contribution in [3.05, 3.63) is 66.3 Å². The Morgan fingerprint density at radius 3 is 2.96 bits per heavy atom. The molecule has 1 unspecified atom stereocenters. The lowest BCUT2D eigenvalue weighted by Crippen LogP contribution is -2.23. The zero-order valence-corrected chi connectivity index (χ0v) is 15.9. The first-order chi connectivity index (χ1) is 13.1. The summed E-state index contributed by atoms with van der Waals surface area (Å²) in [7, 11) is 2.00. The van der Waals surface area contributed by atoms with Crippen molar-refractivity contribution >= 4 is 33.9 Å². The standard InChI is InChI=1S/C20H21N5OS/c1-13-18(27-20(26)23-13)11-15-7-9-21-19(24-15)25(2)10-8-14-12-22-17-6-4-3-5-16(14)17/h3-7,9,12,18,22H,1,8,10-11H2,2H3,(H,23,26). The lowest BCUT2D eigenvalue weighted by Gasteiger charge is -2.17. The Morgan fingerprint density at radius 2 is 2.15 bits per heavy atom. The van der Waals surface area contributed by atoms with Crippen LogP contribution in [0.2, 0.25) is 0 Å². The predicted molar refractivity (Wildman–Crippen MR) is 110 cm³/mol. The number of anilines is 1. The van der Waals surface area contributed by atoms with Gasteiger partial charge in [-0.2, -0.15) is 0 Å². The molecule has 2 N–H and O–H groups in total. The number of fused-ring (bicyclic) bond motifs is 1. The summed E-state index contributed by atoms with van der Waals surface area (Å²) in [4.78, 5) is 25.9. The Hall–Kier alpha value is -2.80. The number of hydrogen-bond donors (Lipinski definition) is 2. The van der Waals surface area contributed by atoms with E-state index in [0.29, 0.717) is 12.4 Å². The fourth-order valence-corrected chi connectivity index (χ4v) is 4.11. The van der Waals surface area contributed by atoms with Gasteiger partial charge in [-0.05, 0) is 24.1 Å². The molecule has 7 heteroatoms. The number of likely N-dealkylation sites (N-methyl/N-ethyl adjacent to an activating group) is 1. The fourth-order valence-electron chi connectivity index (χ4n) is 3.20. The topological polar surface area (TPSA) is 73.9 Å². The highest BCUT2D eigenvalue weighted by atomic mass is 32.2. The van der Waals surface area contributed by atoms with E-state index in [-0.39, 0.29) is 10.5 Å². The van der Waals surface area contributed by atoms with Crippen LogP contribution in [0.4, 0.5) is 10.7 Å². The molecule has 1 aromatic carbocycles. The molecule has 0 radical (unpaired) electrons. The van der Waals surface area contributed by atoms with E-state index in [0.717, 1.165) is 29.9 Å². The SMILES string of the molecule is C=C1NC(=O)SC1Cc1ccnc(N(C)CCc2c[nH]c3ccccc23)n1. The first-order valence-electron chi connectivity index (χ1n) is 8.84. The van der Waals surface area contributed by atoms with Crippen molar-refractivity contribution < 1.29 is 4.79 Å². The quantitative estimate of drug-likeness (QED) is 0.685. The van der Waals surface area contributed by atoms with Gasteiger partial charge in [0.05, 0.1) is 5.25 Å². The van der Waals surface area contributed by atoms with Crippen molar-refractivity contribution in [1.29, 1.82) is 0 Å². The van der Waals surface area contributed by atoms with Crippen LogP contribution in [0.3, 0.4) is 0 Å². The number of aromatic amines is 1. The summed E-state index contributed by atoms with van der Waals surface area (Å²) in [5.41, 5.74) is 4.11. The van der Waals surface area contributed by atoms with E-state index >= 15 is 0 Å². The van der Waals surface area contributed by atoms with Gasteiger partial charge in [-0.1, -0.05) is 36.5 Å². The summed E-state index contributed by atoms with van der Waals surface area (Å²) >= 11 is 1.27. The fraction of sp³-hybridized carbons (Fsp3) is 0.250. The van der Waals surface area contributed by atoms with Gasteiger partial charge in [0.1, 0.15) is 0 Å². The van der Waals surface area contributed by atoms with Gasteiger partial charge < -0.3 is 15.2 Å². The lowest BCUT2D eigenvalue weighted by atomic mass is 10.1. The van der Waals surface area contributed by atoms with Crippen LogP contribution >= 0.6 is 11.8 Å². The van der Waals surface area contributed by atoms with Gasteiger partial charge in [-0.25, -0.2) is 9.97 Å². The maximum absolute atomic E-state index is 11.5. The molecule has 0 saturated carbocycles. The lowest BCUT2D eigenvalue weighted by molar-refractivity contribution is 0.263. The van der Waals surface area contributed by atoms with E-state index in [1.807, 2.05) is 19.2 Å². The average Bonchev–Trinajstić information content (AvgIpc) is 3.22. The molecule has 3 aromatic rings. The third-order valence-electron chi connectivity index (χ3n) is 4.73. The van der Waals surface area contributed by atoms with Gasteiger partial charge in [-0.15, -0.1) is 0 Å². The van der Waals surface area contributed by atoms with Crippen LogP contribution in [-0.2, 0) is 12.8 Å². The Bertz CT molecular complexity index is 999. The van der Waals surface area contributed by atoms with Crippen molar-refractivity contribution in [3.8, 4) is 0 Å². The Labute approximate surface area is 162 Å². The molecule has 6 nitrogen and oxygen atoms in total. The second kappa shape index (κ2) is 7.44. The van der Waals surface area contributed by atoms with E-state index in [9.17, 15) is 4.79 Å². The van der Waals surface area contributed by atoms with E-state index in [4.69, 9.17) is 0 Å². The maximum Gasteiger partial charge on any atom is 0.283 e. The summed E-state index contributed by atoms with van der Waals surface area (Å²) in [6.07, 6.45) is 5.41. The summed E-state index contributed by atoms with van der Waals surface area (Å²) in [5.74, 6) is 0.695. The minimum Gasteiger partial charge on any atom is -0.361 e. The van der Waals surface area contributed by atoms with Gasteiger partial charge in [0.15, 0.2) is 0 Å². The van der Waals surface area contributed by atoms with Crippen LogP contribution in [0.15, 0.2) is 55.0 Å². The van der Waals surface area contributed by atoms with E-state index in [1.165, 1.54) is 22.7 Å². The molecule has 138 valence electrons. The zero-order chi connectivity index (χ0) is 18.8. The van der Waals surface area contributed by atoms with Crippen LogP contribution in [0.25, 0.3) is 10.9 Å². The van der Waals surface area contributed by atoms with Crippen molar-refractivity contribution in [1.82, 2.24) is 20.3 Å². The molecular weight excluding hydrogens is 358 g/mol. The highest BCUT2D eigenvalue weighted by Gasteiger charge is 2.27. The number of rotatable bonds is 6. The minimum absolute atomic E-state index is 0.0248. The van der Waals surface area contributed by atoms with E-state index in [1.54, 1.807) is 6.20 Å². The molecule has 27 heavy (non-hydrogen) atoms. The average molecular weight is 379 g/mol. The number of carbonyl (C=O) groups is 1. The Kier molecular flexibility index (Phi) is 4.85. The summed E-state index contributed by atoms with van der Waals surface area (Å²) < 4.78 is 0. The monoisotopic (exact) mass is 379 g/mol. The number of hydrogen-bond acceptors (Lipinski definition) is 5. The highest BCUT2D eigenvalue weighted by Crippen LogP contribution is 2.28. The number of amides is 1. The third-order valence-corrected chi connectivity index (χ3v) is 5.78. The molecule has 1 saturated heterocycles. The molecule has 1 fully saturated rings. The number of nitrogens with zero attached hydrogens (tertiary/aromatic N) is 3. The van der Waals surface area contributed by atoms with E-state index < -0.39 is 0 Å². The molecule has 4 rings (SSSR count). The van der Waals surface area contributed by atoms with Crippen molar-refractivity contribution in [3.63, 3.8) is 0 Å². The van der Waals surface area contributed by atoms with E-state index in [2.05, 4.69) is 56.1 Å². The van der Waals surface area contributed by atoms with Gasteiger partial charge in [0.25, 0.3) is 5.24 Å². The molecule has 0 spiro atoms. The molecule has 2 aromatic heterocycles. The van der Waals surface area contributed by atoms with Gasteiger partial charge in [0, 0.05) is 54.7 Å². The summed E-state index contributed by atoms with van der Waals surface area (Å²) in [5, 5.41) is 3.99. The van der Waals surface area contributed by atoms with Gasteiger partial charge in [-0.3, -0.25) is 4.79 Å². The van der Waals surface area contributed by atoms with Crippen LogP contribution in [0.5, 0.6) is 0 Å². The van der Waals surface area contributed by atoms with Crippen molar-refractivity contribution in [2.45, 2.75) is 18.1 Å².